The Balaban J connectivity index is 1.31. The Labute approximate surface area is 201 Å². The molecule has 2 N–H and O–H groups in total. The van der Waals surface area contributed by atoms with E-state index in [1.54, 1.807) is 47.7 Å². The zero-order chi connectivity index (χ0) is 23.1. The molecule has 1 aromatic heterocycles. The molecule has 2 aliphatic heterocycles. The molecule has 3 heterocycles. The van der Waals surface area contributed by atoms with Gasteiger partial charge in [-0.15, -0.1) is 11.3 Å². The third-order valence-corrected chi connectivity index (χ3v) is 7.59. The molecule has 3 aromatic rings. The molecule has 1 atom stereocenters. The first kappa shape index (κ1) is 21.9. The van der Waals surface area contributed by atoms with E-state index < -0.39 is 5.97 Å². The Morgan fingerprint density at radius 1 is 1.15 bits per heavy atom. The van der Waals surface area contributed by atoms with Crippen LogP contribution in [0.2, 0.25) is 5.02 Å². The minimum Gasteiger partial charge on any atom is -0.423 e. The number of ether oxygens (including phenoxy) is 1. The number of nitrogens with one attached hydrogen (secondary N) is 2. The zero-order valence-electron chi connectivity index (χ0n) is 18.4. The van der Waals surface area contributed by atoms with Crippen molar-refractivity contribution in [3.05, 3.63) is 80.7 Å². The topological polar surface area (TPSA) is 70.7 Å². The average molecular weight is 482 g/mol. The quantitative estimate of drug-likeness (QED) is 0.394. The summed E-state index contributed by atoms with van der Waals surface area (Å²) in [5.41, 5.74) is 3.16. The summed E-state index contributed by atoms with van der Waals surface area (Å²) in [6, 6.07) is 14.4. The zero-order valence-corrected chi connectivity index (χ0v) is 19.9. The van der Waals surface area contributed by atoms with Gasteiger partial charge in [0.05, 0.1) is 16.1 Å². The SMILES string of the molecule is CC(C)N1CCc2c(sc3c2C(=O)N[C@H](c2ccc(OC(=O)c4ccccc4Cl)cc2)N3)C1. The van der Waals surface area contributed by atoms with Crippen LogP contribution >= 0.6 is 22.9 Å². The molecule has 0 fully saturated rings. The van der Waals surface area contributed by atoms with Crippen molar-refractivity contribution in [1.82, 2.24) is 10.2 Å². The van der Waals surface area contributed by atoms with Crippen molar-refractivity contribution in [2.24, 2.45) is 0 Å². The van der Waals surface area contributed by atoms with Gasteiger partial charge in [-0.2, -0.15) is 0 Å². The first-order valence-electron chi connectivity index (χ1n) is 10.9. The summed E-state index contributed by atoms with van der Waals surface area (Å²) in [4.78, 5) is 29.1. The minimum absolute atomic E-state index is 0.0431. The summed E-state index contributed by atoms with van der Waals surface area (Å²) in [6.07, 6.45) is 0.546. The molecule has 0 spiro atoms. The van der Waals surface area contributed by atoms with Gasteiger partial charge in [-0.1, -0.05) is 35.9 Å². The van der Waals surface area contributed by atoms with Crippen molar-refractivity contribution >= 4 is 39.8 Å². The van der Waals surface area contributed by atoms with Crippen LogP contribution in [0.1, 0.15) is 56.7 Å². The second-order valence-electron chi connectivity index (χ2n) is 8.51. The molecule has 2 aromatic carbocycles. The van der Waals surface area contributed by atoms with Gasteiger partial charge in [0, 0.05) is 24.0 Å². The molecule has 0 unspecified atom stereocenters. The Kier molecular flexibility index (Phi) is 5.86. The van der Waals surface area contributed by atoms with Crippen molar-refractivity contribution in [1.29, 1.82) is 0 Å². The molecule has 0 saturated heterocycles. The number of rotatable bonds is 4. The maximum atomic E-state index is 13.0. The molecule has 0 saturated carbocycles. The Bertz CT molecular complexity index is 1220. The van der Waals surface area contributed by atoms with E-state index in [0.29, 0.717) is 22.4 Å². The van der Waals surface area contributed by atoms with Crippen molar-refractivity contribution in [3.8, 4) is 5.75 Å². The van der Waals surface area contributed by atoms with E-state index in [1.165, 1.54) is 10.4 Å². The fourth-order valence-corrected chi connectivity index (χ4v) is 5.77. The van der Waals surface area contributed by atoms with E-state index in [2.05, 4.69) is 29.4 Å². The van der Waals surface area contributed by atoms with Gasteiger partial charge < -0.3 is 15.4 Å². The molecule has 0 bridgehead atoms. The number of amides is 1. The summed E-state index contributed by atoms with van der Waals surface area (Å²) in [5.74, 6) is -0.146. The molecule has 0 aliphatic carbocycles. The normalized spacial score (nSPS) is 17.7. The lowest BCUT2D eigenvalue weighted by molar-refractivity contribution is 0.0734. The van der Waals surface area contributed by atoms with Gasteiger partial charge in [-0.25, -0.2) is 4.79 Å². The van der Waals surface area contributed by atoms with E-state index in [4.69, 9.17) is 16.3 Å². The number of hydrogen-bond acceptors (Lipinski definition) is 6. The highest BCUT2D eigenvalue weighted by atomic mass is 35.5. The van der Waals surface area contributed by atoms with E-state index in [0.717, 1.165) is 35.6 Å². The van der Waals surface area contributed by atoms with Crippen LogP contribution in [0.3, 0.4) is 0 Å². The minimum atomic E-state index is -0.512. The highest BCUT2D eigenvalue weighted by Crippen LogP contribution is 2.41. The van der Waals surface area contributed by atoms with Gasteiger partial charge in [-0.05, 0) is 55.7 Å². The molecule has 8 heteroatoms. The summed E-state index contributed by atoms with van der Waals surface area (Å²) in [6.45, 7) is 6.26. The summed E-state index contributed by atoms with van der Waals surface area (Å²) in [7, 11) is 0. The van der Waals surface area contributed by atoms with Gasteiger partial charge in [0.15, 0.2) is 0 Å². The number of thiophene rings is 1. The second-order valence-corrected chi connectivity index (χ2v) is 10.0. The number of fused-ring (bicyclic) bond motifs is 3. The van der Waals surface area contributed by atoms with Crippen molar-refractivity contribution in [2.45, 2.75) is 39.0 Å². The van der Waals surface area contributed by atoms with Gasteiger partial charge in [-0.3, -0.25) is 9.69 Å². The number of halogens is 1. The van der Waals surface area contributed by atoms with Crippen LogP contribution in [0.5, 0.6) is 5.75 Å². The number of esters is 1. The smallest absolute Gasteiger partial charge is 0.345 e. The largest absolute Gasteiger partial charge is 0.423 e. The number of hydrogen-bond donors (Lipinski definition) is 2. The Hall–Kier alpha value is -2.87. The van der Waals surface area contributed by atoms with Gasteiger partial charge in [0.2, 0.25) is 0 Å². The van der Waals surface area contributed by atoms with Crippen LogP contribution in [0, 0.1) is 0 Å². The number of carbonyl (C=O) groups excluding carboxylic acids is 2. The lowest BCUT2D eigenvalue weighted by Crippen LogP contribution is -2.39. The molecule has 33 heavy (non-hydrogen) atoms. The Morgan fingerprint density at radius 2 is 1.91 bits per heavy atom. The fraction of sp³-hybridized carbons (Fsp3) is 0.280. The first-order chi connectivity index (χ1) is 15.9. The van der Waals surface area contributed by atoms with E-state index in [1.807, 2.05) is 12.1 Å². The molecule has 170 valence electrons. The highest BCUT2D eigenvalue weighted by Gasteiger charge is 2.33. The van der Waals surface area contributed by atoms with Gasteiger partial charge in [0.1, 0.15) is 16.9 Å². The fourth-order valence-electron chi connectivity index (χ4n) is 4.26. The summed E-state index contributed by atoms with van der Waals surface area (Å²) >= 11 is 7.75. The van der Waals surface area contributed by atoms with Crippen LogP contribution in [-0.2, 0) is 13.0 Å². The maximum absolute atomic E-state index is 13.0. The lowest BCUT2D eigenvalue weighted by atomic mass is 9.99. The van der Waals surface area contributed by atoms with Crippen molar-refractivity contribution < 1.29 is 14.3 Å². The lowest BCUT2D eigenvalue weighted by Gasteiger charge is -2.31. The summed E-state index contributed by atoms with van der Waals surface area (Å²) in [5, 5.41) is 7.82. The van der Waals surface area contributed by atoms with Crippen LogP contribution in [0.25, 0.3) is 0 Å². The van der Waals surface area contributed by atoms with Crippen LogP contribution in [0.4, 0.5) is 5.00 Å². The molecular formula is C25H24ClN3O3S. The van der Waals surface area contributed by atoms with Crippen LogP contribution < -0.4 is 15.4 Å². The number of nitrogens with zero attached hydrogens (tertiary/aromatic N) is 1. The van der Waals surface area contributed by atoms with Gasteiger partial charge in [0.25, 0.3) is 5.91 Å². The average Bonchev–Trinajstić information content (AvgIpc) is 3.18. The van der Waals surface area contributed by atoms with Crippen LogP contribution in [-0.4, -0.2) is 29.4 Å². The highest BCUT2D eigenvalue weighted by molar-refractivity contribution is 7.16. The monoisotopic (exact) mass is 481 g/mol. The third kappa shape index (κ3) is 4.24. The molecule has 6 nitrogen and oxygen atoms in total. The van der Waals surface area contributed by atoms with Crippen LogP contribution in [0.15, 0.2) is 48.5 Å². The first-order valence-corrected chi connectivity index (χ1v) is 12.1. The van der Waals surface area contributed by atoms with Gasteiger partial charge >= 0.3 is 5.97 Å². The van der Waals surface area contributed by atoms with E-state index in [9.17, 15) is 9.59 Å². The third-order valence-electron chi connectivity index (χ3n) is 6.11. The molecule has 5 rings (SSSR count). The molecule has 2 aliphatic rings. The molecular weight excluding hydrogens is 458 g/mol. The number of benzene rings is 2. The van der Waals surface area contributed by atoms with E-state index in [-0.39, 0.29) is 12.1 Å². The number of carbonyl (C=O) groups is 2. The van der Waals surface area contributed by atoms with Crippen molar-refractivity contribution in [3.63, 3.8) is 0 Å². The summed E-state index contributed by atoms with van der Waals surface area (Å²) < 4.78 is 5.45. The molecule has 0 radical (unpaired) electrons. The second kappa shape index (κ2) is 8.82. The molecule has 1 amide bonds. The van der Waals surface area contributed by atoms with E-state index >= 15 is 0 Å². The maximum Gasteiger partial charge on any atom is 0.345 e. The predicted molar refractivity (Wildman–Crippen MR) is 130 cm³/mol. The Morgan fingerprint density at radius 3 is 2.64 bits per heavy atom. The predicted octanol–water partition coefficient (Wildman–Crippen LogP) is 5.24. The standard InChI is InChI=1S/C25H24ClN3O3S/c1-14(2)29-12-11-18-20(13-29)33-24-21(18)23(30)27-22(28-24)15-7-9-16(10-8-15)32-25(31)17-5-3-4-6-19(17)26/h3-10,14,22,28H,11-13H2,1-2H3,(H,27,30)/t22-/m0/s1. The number of anilines is 1. The van der Waals surface area contributed by atoms with Crippen molar-refractivity contribution in [2.75, 3.05) is 11.9 Å².